The standard InChI is InChI=1S/C21H24N4O2/c1-12(2)18-9-15(19-13(3)24-27-20(19)23-18)21(26)25-10-16(17(22)11-25)14-7-5-4-6-8-14/h4-9,12,16-17H,10-11,22H2,1-3H3/t16-,17+/m0/s1. The Kier molecular flexibility index (Phi) is 4.44. The molecular formula is C21H24N4O2. The average Bonchev–Trinajstić information content (AvgIpc) is 3.24. The number of benzene rings is 1. The predicted molar refractivity (Wildman–Crippen MR) is 104 cm³/mol. The lowest BCUT2D eigenvalue weighted by Gasteiger charge is -2.18. The van der Waals surface area contributed by atoms with Crippen LogP contribution >= 0.6 is 0 Å². The van der Waals surface area contributed by atoms with Gasteiger partial charge in [-0.25, -0.2) is 4.98 Å². The fourth-order valence-electron chi connectivity index (χ4n) is 3.80. The van der Waals surface area contributed by atoms with Crippen molar-refractivity contribution in [2.75, 3.05) is 13.1 Å². The van der Waals surface area contributed by atoms with Gasteiger partial charge in [0.25, 0.3) is 11.6 Å². The van der Waals surface area contributed by atoms with Crippen LogP contribution in [0.15, 0.2) is 40.9 Å². The molecule has 1 aliphatic rings. The van der Waals surface area contributed by atoms with E-state index in [4.69, 9.17) is 10.3 Å². The van der Waals surface area contributed by atoms with Crippen molar-refractivity contribution in [3.8, 4) is 0 Å². The maximum absolute atomic E-state index is 13.4. The third kappa shape index (κ3) is 3.10. The summed E-state index contributed by atoms with van der Waals surface area (Å²) < 4.78 is 5.35. The van der Waals surface area contributed by atoms with Gasteiger partial charge in [-0.3, -0.25) is 4.79 Å². The van der Waals surface area contributed by atoms with E-state index in [1.807, 2.05) is 49.9 Å². The number of hydrogen-bond donors (Lipinski definition) is 1. The lowest BCUT2D eigenvalue weighted by Crippen LogP contribution is -2.32. The molecule has 2 atom stereocenters. The molecule has 1 fully saturated rings. The highest BCUT2D eigenvalue weighted by Gasteiger charge is 2.35. The zero-order valence-corrected chi connectivity index (χ0v) is 15.8. The van der Waals surface area contributed by atoms with Gasteiger partial charge in [0, 0.05) is 30.7 Å². The Bertz CT molecular complexity index is 981. The molecule has 1 saturated heterocycles. The van der Waals surface area contributed by atoms with Crippen molar-refractivity contribution in [3.63, 3.8) is 0 Å². The van der Waals surface area contributed by atoms with E-state index in [0.717, 1.165) is 5.69 Å². The van der Waals surface area contributed by atoms with E-state index in [9.17, 15) is 4.79 Å². The summed E-state index contributed by atoms with van der Waals surface area (Å²) in [6.07, 6.45) is 0. The fourth-order valence-corrected chi connectivity index (χ4v) is 3.80. The van der Waals surface area contributed by atoms with Gasteiger partial charge in [0.05, 0.1) is 16.6 Å². The molecule has 4 rings (SSSR count). The van der Waals surface area contributed by atoms with Crippen LogP contribution in [0.4, 0.5) is 0 Å². The second kappa shape index (κ2) is 6.78. The molecule has 0 radical (unpaired) electrons. The highest BCUT2D eigenvalue weighted by molar-refractivity contribution is 6.06. The quantitative estimate of drug-likeness (QED) is 0.771. The highest BCUT2D eigenvalue weighted by Crippen LogP contribution is 2.30. The molecule has 0 spiro atoms. The molecule has 2 aromatic heterocycles. The number of aryl methyl sites for hydroxylation is 1. The van der Waals surface area contributed by atoms with E-state index >= 15 is 0 Å². The number of nitrogens with two attached hydrogens (primary N) is 1. The first-order valence-corrected chi connectivity index (χ1v) is 9.32. The minimum atomic E-state index is -0.0816. The summed E-state index contributed by atoms with van der Waals surface area (Å²) in [5.41, 5.74) is 10.1. The first kappa shape index (κ1) is 17.7. The van der Waals surface area contributed by atoms with Crippen molar-refractivity contribution in [2.45, 2.75) is 38.6 Å². The molecule has 140 valence electrons. The number of pyridine rings is 1. The first-order chi connectivity index (χ1) is 13.0. The normalized spacial score (nSPS) is 20.0. The minimum absolute atomic E-state index is 0.0375. The molecule has 0 saturated carbocycles. The summed E-state index contributed by atoms with van der Waals surface area (Å²) >= 11 is 0. The lowest BCUT2D eigenvalue weighted by atomic mass is 9.95. The SMILES string of the molecule is Cc1noc2nc(C(C)C)cc(C(=O)N3C[C@@H](N)[C@H](c4ccccc4)C3)c12. The minimum Gasteiger partial charge on any atom is -0.336 e. The van der Waals surface area contributed by atoms with Crippen molar-refractivity contribution in [3.05, 3.63) is 58.9 Å². The van der Waals surface area contributed by atoms with Crippen molar-refractivity contribution < 1.29 is 9.32 Å². The van der Waals surface area contributed by atoms with Gasteiger partial charge in [-0.15, -0.1) is 0 Å². The van der Waals surface area contributed by atoms with Gasteiger partial charge in [0.15, 0.2) is 0 Å². The zero-order chi connectivity index (χ0) is 19.1. The Labute approximate surface area is 158 Å². The molecule has 6 nitrogen and oxygen atoms in total. The number of fused-ring (bicyclic) bond motifs is 1. The number of amides is 1. The molecule has 0 unspecified atom stereocenters. The Morgan fingerprint density at radius 1 is 1.26 bits per heavy atom. The third-order valence-corrected chi connectivity index (χ3v) is 5.34. The molecule has 0 aliphatic carbocycles. The number of likely N-dealkylation sites (tertiary alicyclic amines) is 1. The third-order valence-electron chi connectivity index (χ3n) is 5.34. The number of nitrogens with zero attached hydrogens (tertiary/aromatic N) is 3. The van der Waals surface area contributed by atoms with Gasteiger partial charge < -0.3 is 15.2 Å². The Hall–Kier alpha value is -2.73. The van der Waals surface area contributed by atoms with Crippen molar-refractivity contribution in [1.29, 1.82) is 0 Å². The van der Waals surface area contributed by atoms with Crippen molar-refractivity contribution in [1.82, 2.24) is 15.0 Å². The van der Waals surface area contributed by atoms with E-state index in [2.05, 4.69) is 22.3 Å². The van der Waals surface area contributed by atoms with Gasteiger partial charge in [-0.2, -0.15) is 0 Å². The Morgan fingerprint density at radius 3 is 2.70 bits per heavy atom. The fraction of sp³-hybridized carbons (Fsp3) is 0.381. The molecule has 3 heterocycles. The maximum atomic E-state index is 13.4. The topological polar surface area (TPSA) is 85.2 Å². The smallest absolute Gasteiger partial charge is 0.259 e. The molecule has 1 aliphatic heterocycles. The van der Waals surface area contributed by atoms with Crippen molar-refractivity contribution in [2.24, 2.45) is 5.73 Å². The van der Waals surface area contributed by atoms with E-state index < -0.39 is 0 Å². The maximum Gasteiger partial charge on any atom is 0.259 e. The Balaban J connectivity index is 1.70. The molecule has 6 heteroatoms. The largest absolute Gasteiger partial charge is 0.336 e. The number of carbonyl (C=O) groups is 1. The van der Waals surface area contributed by atoms with Gasteiger partial charge in [0.2, 0.25) is 0 Å². The summed E-state index contributed by atoms with van der Waals surface area (Å²) in [5, 5.41) is 4.71. The van der Waals surface area contributed by atoms with Gasteiger partial charge in [-0.05, 0) is 24.5 Å². The first-order valence-electron chi connectivity index (χ1n) is 9.32. The van der Waals surface area contributed by atoms with Crippen LogP contribution in [0, 0.1) is 6.92 Å². The second-order valence-electron chi connectivity index (χ2n) is 7.59. The molecule has 1 aromatic carbocycles. The van der Waals surface area contributed by atoms with Crippen LogP contribution in [0.1, 0.15) is 53.0 Å². The summed E-state index contributed by atoms with van der Waals surface area (Å²) in [7, 11) is 0. The summed E-state index contributed by atoms with van der Waals surface area (Å²) in [5.74, 6) is 0.286. The highest BCUT2D eigenvalue weighted by atomic mass is 16.5. The van der Waals surface area contributed by atoms with Crippen LogP contribution in [-0.4, -0.2) is 40.1 Å². The molecule has 3 aromatic rings. The molecule has 1 amide bonds. The number of hydrogen-bond acceptors (Lipinski definition) is 5. The van der Waals surface area contributed by atoms with Crippen LogP contribution < -0.4 is 5.73 Å². The van der Waals surface area contributed by atoms with Crippen LogP contribution in [0.5, 0.6) is 0 Å². The van der Waals surface area contributed by atoms with Crippen LogP contribution in [0.25, 0.3) is 11.1 Å². The number of aromatic nitrogens is 2. The molecular weight excluding hydrogens is 340 g/mol. The number of carbonyl (C=O) groups excluding carboxylic acids is 1. The van der Waals surface area contributed by atoms with Crippen LogP contribution in [-0.2, 0) is 0 Å². The summed E-state index contributed by atoms with van der Waals surface area (Å²) in [4.78, 5) is 19.7. The molecule has 0 bridgehead atoms. The van der Waals surface area contributed by atoms with Crippen molar-refractivity contribution >= 4 is 17.0 Å². The van der Waals surface area contributed by atoms with Gasteiger partial charge in [-0.1, -0.05) is 49.3 Å². The summed E-state index contributed by atoms with van der Waals surface area (Å²) in [6.45, 7) is 7.06. The van der Waals surface area contributed by atoms with E-state index in [1.165, 1.54) is 5.56 Å². The molecule has 27 heavy (non-hydrogen) atoms. The molecule has 2 N–H and O–H groups in total. The van der Waals surface area contributed by atoms with Crippen LogP contribution in [0.2, 0.25) is 0 Å². The average molecular weight is 364 g/mol. The number of rotatable bonds is 3. The lowest BCUT2D eigenvalue weighted by molar-refractivity contribution is 0.0791. The van der Waals surface area contributed by atoms with E-state index in [1.54, 1.807) is 0 Å². The van der Waals surface area contributed by atoms with Gasteiger partial charge >= 0.3 is 0 Å². The predicted octanol–water partition coefficient (Wildman–Crippen LogP) is 3.22. The zero-order valence-electron chi connectivity index (χ0n) is 15.8. The van der Waals surface area contributed by atoms with Gasteiger partial charge in [0.1, 0.15) is 0 Å². The van der Waals surface area contributed by atoms with Crippen LogP contribution in [0.3, 0.4) is 0 Å². The van der Waals surface area contributed by atoms with E-state index in [0.29, 0.717) is 35.4 Å². The Morgan fingerprint density at radius 2 is 2.00 bits per heavy atom. The monoisotopic (exact) mass is 364 g/mol. The summed E-state index contributed by atoms with van der Waals surface area (Å²) in [6, 6.07) is 11.9. The second-order valence-corrected chi connectivity index (χ2v) is 7.59. The van der Waals surface area contributed by atoms with E-state index in [-0.39, 0.29) is 23.8 Å².